The molecule has 0 rings (SSSR count). The van der Waals surface area contributed by atoms with Gasteiger partial charge in [-0.15, -0.1) is 0 Å². The van der Waals surface area contributed by atoms with E-state index in [1.54, 1.807) is 27.7 Å². The molecule has 0 bridgehead atoms. The minimum atomic E-state index is -4.29. The van der Waals surface area contributed by atoms with Crippen molar-refractivity contribution in [1.29, 1.82) is 0 Å². The van der Waals surface area contributed by atoms with Crippen LogP contribution in [0.25, 0.3) is 0 Å². The predicted octanol–water partition coefficient (Wildman–Crippen LogP) is 2.10. The molecule has 0 aromatic carbocycles. The fourth-order valence-corrected chi connectivity index (χ4v) is 3.73. The molecule has 4 atom stereocenters. The standard InChI is InChI=1S/C14H29BFO6P/c1-5-13(4,8-9-21-12(15)11(16)10-17)22-23(19,20)14(18,6-2)7-3/h11-12,17-18H,5-10H2,1-4H3,(H,19,20)/t11-,12-,13?/m1/s1. The molecule has 0 saturated carbocycles. The maximum Gasteiger partial charge on any atom is 0.359 e. The van der Waals surface area contributed by atoms with Gasteiger partial charge in [-0.2, -0.15) is 0 Å². The molecule has 6 nitrogen and oxygen atoms in total. The van der Waals surface area contributed by atoms with Gasteiger partial charge in [0, 0.05) is 12.6 Å². The van der Waals surface area contributed by atoms with Gasteiger partial charge < -0.3 is 24.4 Å². The lowest BCUT2D eigenvalue weighted by atomic mass is 9.95. The van der Waals surface area contributed by atoms with Crippen LogP contribution in [-0.2, 0) is 13.8 Å². The van der Waals surface area contributed by atoms with Crippen molar-refractivity contribution in [3.05, 3.63) is 0 Å². The molecule has 0 amide bonds. The molecule has 0 aliphatic heterocycles. The van der Waals surface area contributed by atoms with Crippen LogP contribution in [0, 0.1) is 0 Å². The number of hydrogen-bond acceptors (Lipinski definition) is 5. The molecule has 0 spiro atoms. The summed E-state index contributed by atoms with van der Waals surface area (Å²) < 4.78 is 36.0. The minimum Gasteiger partial charge on any atom is -0.393 e. The highest BCUT2D eigenvalue weighted by atomic mass is 31.2. The van der Waals surface area contributed by atoms with Gasteiger partial charge in [0.25, 0.3) is 0 Å². The summed E-state index contributed by atoms with van der Waals surface area (Å²) in [4.78, 5) is 10.2. The van der Waals surface area contributed by atoms with Crippen LogP contribution in [0.5, 0.6) is 0 Å². The Labute approximate surface area is 139 Å². The SMILES string of the molecule is [B][C@H](OCCC(C)(CC)OP(=O)(O)C(O)(CC)CC)[C@H](F)CO. The molecule has 0 saturated heterocycles. The molecule has 0 aromatic heterocycles. The zero-order valence-electron chi connectivity index (χ0n) is 14.4. The second-order valence-corrected chi connectivity index (χ2v) is 7.94. The molecule has 9 heteroatoms. The number of hydrogen-bond donors (Lipinski definition) is 3. The first-order chi connectivity index (χ1) is 10.5. The molecule has 136 valence electrons. The van der Waals surface area contributed by atoms with E-state index in [0.29, 0.717) is 6.42 Å². The number of halogens is 1. The molecule has 0 heterocycles. The Kier molecular flexibility index (Phi) is 9.50. The predicted molar refractivity (Wildman–Crippen MR) is 87.2 cm³/mol. The van der Waals surface area contributed by atoms with Crippen molar-refractivity contribution < 1.29 is 33.3 Å². The monoisotopic (exact) mass is 354 g/mol. The first-order valence-electron chi connectivity index (χ1n) is 7.89. The van der Waals surface area contributed by atoms with Gasteiger partial charge in [0.15, 0.2) is 5.34 Å². The van der Waals surface area contributed by atoms with Gasteiger partial charge in [-0.05, 0) is 32.6 Å². The van der Waals surface area contributed by atoms with Crippen LogP contribution in [-0.4, -0.2) is 59.3 Å². The molecule has 0 fully saturated rings. The summed E-state index contributed by atoms with van der Waals surface area (Å²) in [6.45, 7) is 5.85. The van der Waals surface area contributed by atoms with E-state index >= 15 is 0 Å². The summed E-state index contributed by atoms with van der Waals surface area (Å²) in [6.07, 6.45) is -0.961. The van der Waals surface area contributed by atoms with Gasteiger partial charge >= 0.3 is 7.60 Å². The Morgan fingerprint density at radius 3 is 2.17 bits per heavy atom. The average Bonchev–Trinajstić information content (AvgIpc) is 2.52. The van der Waals surface area contributed by atoms with E-state index in [1.165, 1.54) is 0 Å². The van der Waals surface area contributed by atoms with Crippen LogP contribution in [0.15, 0.2) is 0 Å². The van der Waals surface area contributed by atoms with Gasteiger partial charge in [-0.1, -0.05) is 20.8 Å². The molecule has 0 aliphatic rings. The van der Waals surface area contributed by atoms with Gasteiger partial charge in [0.05, 0.1) is 12.2 Å². The van der Waals surface area contributed by atoms with E-state index in [4.69, 9.17) is 22.2 Å². The van der Waals surface area contributed by atoms with Crippen molar-refractivity contribution >= 4 is 15.4 Å². The maximum absolute atomic E-state index is 13.1. The van der Waals surface area contributed by atoms with Crippen LogP contribution in [0.3, 0.4) is 0 Å². The Balaban J connectivity index is 4.82. The van der Waals surface area contributed by atoms with E-state index in [2.05, 4.69) is 0 Å². The second-order valence-electron chi connectivity index (χ2n) is 5.89. The third-order valence-electron chi connectivity index (χ3n) is 4.22. The number of aliphatic hydroxyl groups excluding tert-OH is 1. The molecule has 0 aliphatic carbocycles. The largest absolute Gasteiger partial charge is 0.393 e. The Morgan fingerprint density at radius 1 is 1.26 bits per heavy atom. The smallest absolute Gasteiger partial charge is 0.359 e. The van der Waals surface area contributed by atoms with Crippen molar-refractivity contribution in [3.63, 3.8) is 0 Å². The average molecular weight is 354 g/mol. The number of aliphatic hydroxyl groups is 2. The molecule has 2 unspecified atom stereocenters. The molecule has 3 N–H and O–H groups in total. The van der Waals surface area contributed by atoms with E-state index in [-0.39, 0.29) is 25.9 Å². The van der Waals surface area contributed by atoms with Gasteiger partial charge in [-0.25, -0.2) is 4.39 Å². The van der Waals surface area contributed by atoms with Crippen LogP contribution < -0.4 is 0 Å². The zero-order chi connectivity index (χ0) is 18.3. The number of ether oxygens (including phenoxy) is 1. The van der Waals surface area contributed by atoms with E-state index in [9.17, 15) is 19.0 Å². The Morgan fingerprint density at radius 2 is 1.78 bits per heavy atom. The Hall–Kier alpha value is 0.0249. The van der Waals surface area contributed by atoms with Crippen molar-refractivity contribution in [2.45, 2.75) is 76.5 Å². The molecule has 23 heavy (non-hydrogen) atoms. The van der Waals surface area contributed by atoms with Gasteiger partial charge in [0.1, 0.15) is 14.0 Å². The van der Waals surface area contributed by atoms with Crippen LogP contribution in [0.4, 0.5) is 4.39 Å². The van der Waals surface area contributed by atoms with Crippen molar-refractivity contribution in [2.75, 3.05) is 13.2 Å². The molecule has 2 radical (unpaired) electrons. The lowest BCUT2D eigenvalue weighted by molar-refractivity contribution is -0.0233. The Bertz CT molecular complexity index is 395. The van der Waals surface area contributed by atoms with Crippen molar-refractivity contribution in [2.24, 2.45) is 0 Å². The molecule has 0 aromatic rings. The highest BCUT2D eigenvalue weighted by Gasteiger charge is 2.48. The van der Waals surface area contributed by atoms with E-state index < -0.39 is 37.3 Å². The topological polar surface area (TPSA) is 96.2 Å². The van der Waals surface area contributed by atoms with Crippen LogP contribution >= 0.6 is 7.60 Å². The first kappa shape index (κ1) is 23.0. The van der Waals surface area contributed by atoms with Gasteiger partial charge in [-0.3, -0.25) is 4.57 Å². The molecular weight excluding hydrogens is 325 g/mol. The number of rotatable bonds is 12. The lowest BCUT2D eigenvalue weighted by Crippen LogP contribution is -2.36. The van der Waals surface area contributed by atoms with Crippen molar-refractivity contribution in [1.82, 2.24) is 0 Å². The quantitative estimate of drug-likeness (QED) is 0.367. The summed E-state index contributed by atoms with van der Waals surface area (Å²) in [5.41, 5.74) is -1.03. The minimum absolute atomic E-state index is 0.0113. The highest BCUT2D eigenvalue weighted by molar-refractivity contribution is 7.54. The summed E-state index contributed by atoms with van der Waals surface area (Å²) in [7, 11) is 1.11. The van der Waals surface area contributed by atoms with Gasteiger partial charge in [0.2, 0.25) is 0 Å². The summed E-state index contributed by atoms with van der Waals surface area (Å²) >= 11 is 0. The fourth-order valence-electron chi connectivity index (χ4n) is 1.94. The fraction of sp³-hybridized carbons (Fsp3) is 1.00. The molecular formula is C14H29BFO6P. The van der Waals surface area contributed by atoms with Crippen LogP contribution in [0.2, 0.25) is 0 Å². The third-order valence-corrected chi connectivity index (χ3v) is 6.60. The maximum atomic E-state index is 13.1. The lowest BCUT2D eigenvalue weighted by Gasteiger charge is -2.37. The highest BCUT2D eigenvalue weighted by Crippen LogP contribution is 2.60. The third kappa shape index (κ3) is 6.44. The zero-order valence-corrected chi connectivity index (χ0v) is 15.3. The summed E-state index contributed by atoms with van der Waals surface area (Å²) in [5, 5.41) is 17.1. The summed E-state index contributed by atoms with van der Waals surface area (Å²) in [6, 6.07) is -1.27. The summed E-state index contributed by atoms with van der Waals surface area (Å²) in [5.74, 6) is 0. The van der Waals surface area contributed by atoms with E-state index in [0.717, 1.165) is 0 Å². The van der Waals surface area contributed by atoms with Crippen molar-refractivity contribution in [3.8, 4) is 0 Å². The number of alkyl halides is 1. The van der Waals surface area contributed by atoms with Crippen LogP contribution in [0.1, 0.15) is 53.4 Å². The first-order valence-corrected chi connectivity index (χ1v) is 9.46. The second kappa shape index (κ2) is 9.49. The van der Waals surface area contributed by atoms with E-state index in [1.807, 2.05) is 0 Å². The normalized spacial score (nSPS) is 20.5.